The topological polar surface area (TPSA) is 74.8 Å². The summed E-state index contributed by atoms with van der Waals surface area (Å²) in [5.74, 6) is -0.545. The van der Waals surface area contributed by atoms with Gasteiger partial charge in [0.2, 0.25) is 0 Å². The molecule has 6 heteroatoms. The Kier molecular flexibility index (Phi) is 4.72. The molecular weight excluding hydrogens is 453 g/mol. The number of hydrogen-bond donors (Lipinski definition) is 2. The van der Waals surface area contributed by atoms with Gasteiger partial charge in [0.25, 0.3) is 5.91 Å². The van der Waals surface area contributed by atoms with Gasteiger partial charge in [-0.25, -0.2) is 4.98 Å². The zero-order chi connectivity index (χ0) is 18.8. The van der Waals surface area contributed by atoms with E-state index in [4.69, 9.17) is 0 Å². The van der Waals surface area contributed by atoms with E-state index in [1.807, 2.05) is 24.3 Å². The van der Waals surface area contributed by atoms with Crippen LogP contribution in [0.3, 0.4) is 0 Å². The van der Waals surface area contributed by atoms with E-state index in [-0.39, 0.29) is 11.7 Å². The van der Waals surface area contributed by atoms with Gasteiger partial charge in [-0.05, 0) is 65.1 Å². The second-order valence-corrected chi connectivity index (χ2v) is 7.17. The van der Waals surface area contributed by atoms with Crippen molar-refractivity contribution in [2.24, 2.45) is 0 Å². The van der Waals surface area contributed by atoms with E-state index in [2.05, 4.69) is 44.2 Å². The van der Waals surface area contributed by atoms with Crippen LogP contribution in [0.1, 0.15) is 26.3 Å². The van der Waals surface area contributed by atoms with Gasteiger partial charge in [-0.15, -0.1) is 0 Å². The highest BCUT2D eigenvalue weighted by atomic mass is 127. The van der Waals surface area contributed by atoms with Crippen LogP contribution in [0.5, 0.6) is 0 Å². The molecule has 0 aliphatic heterocycles. The maximum absolute atomic E-state index is 13.0. The maximum atomic E-state index is 13.0. The fraction of sp³-hybridized carbons (Fsp3) is 0. The van der Waals surface area contributed by atoms with Crippen LogP contribution in [0.4, 0.5) is 5.69 Å². The Bertz CT molecular complexity index is 1170. The van der Waals surface area contributed by atoms with E-state index >= 15 is 0 Å². The summed E-state index contributed by atoms with van der Waals surface area (Å²) >= 11 is 2.18. The van der Waals surface area contributed by atoms with Crippen LogP contribution < -0.4 is 5.32 Å². The van der Waals surface area contributed by atoms with Crippen molar-refractivity contribution in [2.75, 3.05) is 5.32 Å². The van der Waals surface area contributed by atoms with Crippen molar-refractivity contribution in [2.45, 2.75) is 0 Å². The highest BCUT2D eigenvalue weighted by Crippen LogP contribution is 2.20. The Morgan fingerprint density at radius 3 is 2.59 bits per heavy atom. The van der Waals surface area contributed by atoms with Gasteiger partial charge in [-0.3, -0.25) is 9.59 Å². The van der Waals surface area contributed by atoms with Gasteiger partial charge in [0, 0.05) is 20.4 Å². The molecule has 5 nitrogen and oxygen atoms in total. The number of ketones is 1. The van der Waals surface area contributed by atoms with Crippen LogP contribution in [0.2, 0.25) is 0 Å². The van der Waals surface area contributed by atoms with E-state index in [9.17, 15) is 9.59 Å². The monoisotopic (exact) mass is 466 g/mol. The number of nitrogens with one attached hydrogen (secondary N) is 2. The first-order chi connectivity index (χ1) is 13.1. The number of aromatic amines is 1. The summed E-state index contributed by atoms with van der Waals surface area (Å²) in [6, 6.07) is 19.5. The van der Waals surface area contributed by atoms with E-state index < -0.39 is 0 Å². The van der Waals surface area contributed by atoms with Crippen LogP contribution in [-0.2, 0) is 0 Å². The standard InChI is InChI=1S/C21H13IN3O2/c22-14-4-3-5-15(11-14)25-21(27)17-7-2-1-6-16(17)20(26)13-8-9-18-19(10-13)24-12-23-18/h1-11H,(H,23,24)(H,25,27). The molecule has 4 aromatic rings. The zero-order valence-corrected chi connectivity index (χ0v) is 16.2. The Morgan fingerprint density at radius 1 is 0.963 bits per heavy atom. The molecule has 0 fully saturated rings. The van der Waals surface area contributed by atoms with Gasteiger partial charge < -0.3 is 10.3 Å². The first-order valence-corrected chi connectivity index (χ1v) is 9.26. The lowest BCUT2D eigenvalue weighted by Gasteiger charge is -2.10. The molecule has 0 bridgehead atoms. The Balaban J connectivity index is 1.67. The molecule has 1 heterocycles. The van der Waals surface area contributed by atoms with Crippen molar-refractivity contribution in [3.63, 3.8) is 0 Å². The minimum Gasteiger partial charge on any atom is -0.335 e. The minimum absolute atomic E-state index is 0.222. The van der Waals surface area contributed by atoms with Crippen molar-refractivity contribution < 1.29 is 9.59 Å². The van der Waals surface area contributed by atoms with Gasteiger partial charge in [-0.1, -0.05) is 24.3 Å². The van der Waals surface area contributed by atoms with Gasteiger partial charge in [0.15, 0.2) is 12.1 Å². The highest BCUT2D eigenvalue weighted by Gasteiger charge is 2.18. The molecule has 0 saturated heterocycles. The number of halogens is 1. The average Bonchev–Trinajstić information content (AvgIpc) is 3.15. The number of carbonyl (C=O) groups is 2. The predicted octanol–water partition coefficient (Wildman–Crippen LogP) is 4.45. The van der Waals surface area contributed by atoms with Crippen molar-refractivity contribution in [1.82, 2.24) is 9.97 Å². The van der Waals surface area contributed by atoms with E-state index in [0.29, 0.717) is 22.4 Å². The number of hydrogen-bond acceptors (Lipinski definition) is 3. The molecule has 27 heavy (non-hydrogen) atoms. The van der Waals surface area contributed by atoms with Crippen molar-refractivity contribution >= 4 is 51.0 Å². The Labute approximate surface area is 169 Å². The fourth-order valence-electron chi connectivity index (χ4n) is 2.82. The summed E-state index contributed by atoms with van der Waals surface area (Å²) in [6.45, 7) is 0. The highest BCUT2D eigenvalue weighted by molar-refractivity contribution is 14.1. The second kappa shape index (κ2) is 7.32. The van der Waals surface area contributed by atoms with Gasteiger partial charge in [0.05, 0.1) is 16.6 Å². The summed E-state index contributed by atoms with van der Waals surface area (Å²) < 4.78 is 1.01. The number of rotatable bonds is 4. The number of H-pyrrole nitrogens is 1. The van der Waals surface area contributed by atoms with Gasteiger partial charge in [0.1, 0.15) is 0 Å². The quantitative estimate of drug-likeness (QED) is 0.345. The SMILES string of the molecule is O=C(Nc1cccc(I)c1)c1ccccc1C(=O)c1ccc2n[c][nH]c2c1. The number of benzene rings is 3. The normalized spacial score (nSPS) is 10.7. The third-order valence-corrected chi connectivity index (χ3v) is 4.80. The number of anilines is 1. The zero-order valence-electron chi connectivity index (χ0n) is 14.0. The van der Waals surface area contributed by atoms with Crippen LogP contribution in [0, 0.1) is 9.90 Å². The molecule has 0 saturated carbocycles. The lowest BCUT2D eigenvalue weighted by atomic mass is 9.97. The molecule has 0 aliphatic rings. The Hall–Kier alpha value is -3.00. The van der Waals surface area contributed by atoms with Crippen LogP contribution >= 0.6 is 22.6 Å². The molecule has 0 aliphatic carbocycles. The molecule has 1 aromatic heterocycles. The lowest BCUT2D eigenvalue weighted by molar-refractivity contribution is 0.0996. The largest absolute Gasteiger partial charge is 0.335 e. The molecule has 1 amide bonds. The maximum Gasteiger partial charge on any atom is 0.256 e. The summed E-state index contributed by atoms with van der Waals surface area (Å²) in [6.07, 6.45) is 2.65. The smallest absolute Gasteiger partial charge is 0.256 e. The predicted molar refractivity (Wildman–Crippen MR) is 112 cm³/mol. The summed E-state index contributed by atoms with van der Waals surface area (Å²) in [4.78, 5) is 32.7. The van der Waals surface area contributed by atoms with Crippen LogP contribution in [-0.4, -0.2) is 21.7 Å². The Morgan fingerprint density at radius 2 is 1.78 bits per heavy atom. The summed E-state index contributed by atoms with van der Waals surface area (Å²) in [5.41, 5.74) is 3.30. The van der Waals surface area contributed by atoms with Crippen LogP contribution in [0.25, 0.3) is 11.0 Å². The van der Waals surface area contributed by atoms with Gasteiger partial charge in [-0.2, -0.15) is 0 Å². The summed E-state index contributed by atoms with van der Waals surface area (Å²) in [7, 11) is 0. The number of amides is 1. The number of carbonyl (C=O) groups excluding carboxylic acids is 2. The molecule has 0 unspecified atom stereocenters. The number of aromatic nitrogens is 2. The average molecular weight is 466 g/mol. The third kappa shape index (κ3) is 3.61. The minimum atomic E-state index is -0.322. The van der Waals surface area contributed by atoms with E-state index in [1.54, 1.807) is 42.5 Å². The van der Waals surface area contributed by atoms with E-state index in [1.165, 1.54) is 0 Å². The van der Waals surface area contributed by atoms with Gasteiger partial charge >= 0.3 is 0 Å². The second-order valence-electron chi connectivity index (χ2n) is 5.92. The van der Waals surface area contributed by atoms with Crippen molar-refractivity contribution in [3.8, 4) is 0 Å². The number of imidazole rings is 1. The number of fused-ring (bicyclic) bond motifs is 1. The molecule has 3 aromatic carbocycles. The molecule has 0 atom stereocenters. The van der Waals surface area contributed by atoms with E-state index in [0.717, 1.165) is 14.6 Å². The van der Waals surface area contributed by atoms with Crippen molar-refractivity contribution in [3.05, 3.63) is 93.3 Å². The summed E-state index contributed by atoms with van der Waals surface area (Å²) in [5, 5.41) is 2.85. The fourth-order valence-corrected chi connectivity index (χ4v) is 3.37. The molecule has 1 radical (unpaired) electrons. The van der Waals surface area contributed by atoms with Crippen LogP contribution in [0.15, 0.2) is 66.7 Å². The van der Waals surface area contributed by atoms with Crippen molar-refractivity contribution in [1.29, 1.82) is 0 Å². The molecular formula is C21H13IN3O2. The third-order valence-electron chi connectivity index (χ3n) is 4.12. The molecule has 131 valence electrons. The first-order valence-electron chi connectivity index (χ1n) is 8.18. The molecule has 4 rings (SSSR count). The molecule has 0 spiro atoms. The molecule has 2 N–H and O–H groups in total. The first kappa shape index (κ1) is 17.4. The lowest BCUT2D eigenvalue weighted by Crippen LogP contribution is -2.17. The number of nitrogens with zero attached hydrogens (tertiary/aromatic N) is 1.